The first kappa shape index (κ1) is 13.7. The van der Waals surface area contributed by atoms with E-state index < -0.39 is 10.5 Å². The molecule has 0 radical (unpaired) electrons. The van der Waals surface area contributed by atoms with Crippen LogP contribution in [0.25, 0.3) is 0 Å². The first-order valence-electron chi connectivity index (χ1n) is 6.12. The van der Waals surface area contributed by atoms with E-state index in [0.29, 0.717) is 38.4 Å². The summed E-state index contributed by atoms with van der Waals surface area (Å²) >= 11 is 0. The normalized spacial score (nSPS) is 18.0. The second kappa shape index (κ2) is 5.50. The second-order valence-electron chi connectivity index (χ2n) is 4.82. The van der Waals surface area contributed by atoms with E-state index >= 15 is 0 Å². The van der Waals surface area contributed by atoms with Crippen LogP contribution in [0, 0.1) is 10.1 Å². The van der Waals surface area contributed by atoms with Crippen molar-refractivity contribution in [1.29, 1.82) is 0 Å². The van der Waals surface area contributed by atoms with E-state index in [1.807, 2.05) is 7.05 Å². The fourth-order valence-corrected chi connectivity index (χ4v) is 2.14. The average molecular weight is 267 g/mol. The largest absolute Gasteiger partial charge is 0.388 e. The molecule has 0 atom stereocenters. The van der Waals surface area contributed by atoms with Crippen LogP contribution in [-0.4, -0.2) is 47.4 Å². The van der Waals surface area contributed by atoms with Crippen LogP contribution in [0.15, 0.2) is 18.3 Å². The van der Waals surface area contributed by atoms with Crippen molar-refractivity contribution in [3.63, 3.8) is 0 Å². The highest BCUT2D eigenvalue weighted by molar-refractivity contribution is 5.42. The molecule has 2 rings (SSSR count). The highest BCUT2D eigenvalue weighted by atomic mass is 16.6. The number of pyridine rings is 1. The highest BCUT2D eigenvalue weighted by Crippen LogP contribution is 2.23. The monoisotopic (exact) mass is 267 g/mol. The summed E-state index contributed by atoms with van der Waals surface area (Å²) in [5.74, 6) is 0.602. The highest BCUT2D eigenvalue weighted by Gasteiger charge is 2.31. The Kier molecular flexibility index (Phi) is 3.96. The van der Waals surface area contributed by atoms with Crippen molar-refractivity contribution in [3.8, 4) is 0 Å². The van der Waals surface area contributed by atoms with Crippen LogP contribution >= 0.6 is 0 Å². The lowest BCUT2D eigenvalue weighted by Gasteiger charge is -2.35. The average Bonchev–Trinajstić information content (AvgIpc) is 2.39. The first-order chi connectivity index (χ1) is 9.00. The van der Waals surface area contributed by atoms with Gasteiger partial charge in [0.05, 0.1) is 10.5 Å². The summed E-state index contributed by atoms with van der Waals surface area (Å²) in [6, 6.07) is 2.99. The lowest BCUT2D eigenvalue weighted by atomic mass is 9.94. The fraction of sp³-hybridized carbons (Fsp3) is 0.583. The number of hydrogen-bond donors (Lipinski definition) is 1. The number of rotatable bonds is 4. The zero-order valence-electron chi connectivity index (χ0n) is 10.8. The van der Waals surface area contributed by atoms with Gasteiger partial charge in [0, 0.05) is 45.7 Å². The zero-order valence-corrected chi connectivity index (χ0v) is 10.8. The molecule has 1 N–H and O–H groups in total. The van der Waals surface area contributed by atoms with E-state index in [1.54, 1.807) is 11.0 Å². The molecule has 0 bridgehead atoms. The molecule has 0 unspecified atom stereocenters. The second-order valence-corrected chi connectivity index (χ2v) is 4.82. The number of anilines is 1. The Morgan fingerprint density at radius 2 is 2.21 bits per heavy atom. The number of likely N-dealkylation sites (N-methyl/N-ethyl adjacent to an activating group) is 1. The van der Waals surface area contributed by atoms with Gasteiger partial charge in [-0.2, -0.15) is 0 Å². The van der Waals surface area contributed by atoms with Gasteiger partial charge >= 0.3 is 0 Å². The quantitative estimate of drug-likeness (QED) is 0.646. The maximum atomic E-state index is 10.5. The van der Waals surface area contributed by atoms with Crippen molar-refractivity contribution in [3.05, 3.63) is 28.4 Å². The minimum absolute atomic E-state index is 0.0399. The number of ether oxygens (including phenoxy) is 1. The Bertz CT molecular complexity index is 443. The van der Waals surface area contributed by atoms with Crippen LogP contribution in [0.1, 0.15) is 12.8 Å². The lowest BCUT2D eigenvalue weighted by molar-refractivity contribution is -0.385. The van der Waals surface area contributed by atoms with Crippen molar-refractivity contribution >= 4 is 11.5 Å². The number of nitro groups is 1. The summed E-state index contributed by atoms with van der Waals surface area (Å²) < 4.78 is 5.23. The molecule has 0 aromatic carbocycles. The fourth-order valence-electron chi connectivity index (χ4n) is 2.14. The topological polar surface area (TPSA) is 88.7 Å². The SMILES string of the molecule is CN(CC1(O)CCOCC1)c1ccc([N+](=O)[O-])cn1. The maximum Gasteiger partial charge on any atom is 0.287 e. The Morgan fingerprint density at radius 3 is 2.74 bits per heavy atom. The Balaban J connectivity index is 2.02. The van der Waals surface area contributed by atoms with E-state index in [9.17, 15) is 15.2 Å². The van der Waals surface area contributed by atoms with E-state index in [0.717, 1.165) is 0 Å². The molecule has 2 heterocycles. The molecule has 0 spiro atoms. The number of hydrogen-bond acceptors (Lipinski definition) is 6. The standard InChI is InChI=1S/C12H17N3O4/c1-14(9-12(16)4-6-19-7-5-12)11-3-2-10(8-13-11)15(17)18/h2-3,8,16H,4-7,9H2,1H3. The van der Waals surface area contributed by atoms with Crippen LogP contribution in [-0.2, 0) is 4.74 Å². The summed E-state index contributed by atoms with van der Waals surface area (Å²) in [4.78, 5) is 15.9. The van der Waals surface area contributed by atoms with Gasteiger partial charge in [-0.15, -0.1) is 0 Å². The molecule has 7 heteroatoms. The molecule has 1 aliphatic rings. The maximum absolute atomic E-state index is 10.5. The van der Waals surface area contributed by atoms with Gasteiger partial charge in [0.2, 0.25) is 0 Å². The Morgan fingerprint density at radius 1 is 1.53 bits per heavy atom. The van der Waals surface area contributed by atoms with E-state index in [1.165, 1.54) is 12.3 Å². The molecule has 0 saturated carbocycles. The summed E-state index contributed by atoms with van der Waals surface area (Å²) in [5, 5.41) is 20.9. The molecule has 7 nitrogen and oxygen atoms in total. The Labute approximate surface area is 111 Å². The van der Waals surface area contributed by atoms with Gasteiger partial charge in [0.15, 0.2) is 0 Å². The summed E-state index contributed by atoms with van der Waals surface area (Å²) in [7, 11) is 1.81. The molecule has 19 heavy (non-hydrogen) atoms. The first-order valence-corrected chi connectivity index (χ1v) is 6.12. The van der Waals surface area contributed by atoms with Crippen LogP contribution < -0.4 is 4.90 Å². The van der Waals surface area contributed by atoms with Gasteiger partial charge in [0.1, 0.15) is 12.0 Å². The lowest BCUT2D eigenvalue weighted by Crippen LogP contribution is -2.45. The van der Waals surface area contributed by atoms with Crippen molar-refractivity contribution < 1.29 is 14.8 Å². The van der Waals surface area contributed by atoms with E-state index in [4.69, 9.17) is 4.74 Å². The smallest absolute Gasteiger partial charge is 0.287 e. The van der Waals surface area contributed by atoms with Gasteiger partial charge in [0.25, 0.3) is 5.69 Å². The third kappa shape index (κ3) is 3.39. The minimum Gasteiger partial charge on any atom is -0.388 e. The molecule has 104 valence electrons. The van der Waals surface area contributed by atoms with Crippen LogP contribution in [0.2, 0.25) is 0 Å². The zero-order chi connectivity index (χ0) is 13.9. The van der Waals surface area contributed by atoms with Crippen molar-refractivity contribution in [2.45, 2.75) is 18.4 Å². The van der Waals surface area contributed by atoms with E-state index in [-0.39, 0.29) is 5.69 Å². The number of aliphatic hydroxyl groups is 1. The van der Waals surface area contributed by atoms with Crippen molar-refractivity contribution in [2.75, 3.05) is 31.7 Å². The molecule has 0 aliphatic carbocycles. The van der Waals surface area contributed by atoms with Crippen LogP contribution in [0.4, 0.5) is 11.5 Å². The third-order valence-electron chi connectivity index (χ3n) is 3.29. The van der Waals surface area contributed by atoms with Crippen molar-refractivity contribution in [2.24, 2.45) is 0 Å². The molecule has 0 amide bonds. The van der Waals surface area contributed by atoms with Gasteiger partial charge in [-0.1, -0.05) is 0 Å². The number of nitrogens with zero attached hydrogens (tertiary/aromatic N) is 3. The summed E-state index contributed by atoms with van der Waals surface area (Å²) in [6.45, 7) is 1.54. The van der Waals surface area contributed by atoms with Crippen molar-refractivity contribution in [1.82, 2.24) is 4.98 Å². The molecular formula is C12H17N3O4. The van der Waals surface area contributed by atoms with Gasteiger partial charge in [-0.05, 0) is 6.07 Å². The molecule has 1 aromatic rings. The molecule has 1 saturated heterocycles. The summed E-state index contributed by atoms with van der Waals surface area (Å²) in [5.41, 5.74) is -0.821. The van der Waals surface area contributed by atoms with Gasteiger partial charge in [-0.3, -0.25) is 10.1 Å². The number of aromatic nitrogens is 1. The molecular weight excluding hydrogens is 250 g/mol. The predicted octanol–water partition coefficient (Wildman–Crippen LogP) is 0.967. The molecule has 1 aliphatic heterocycles. The van der Waals surface area contributed by atoms with Gasteiger partial charge < -0.3 is 14.7 Å². The van der Waals surface area contributed by atoms with Crippen LogP contribution in [0.3, 0.4) is 0 Å². The molecule has 1 aromatic heterocycles. The molecule has 1 fully saturated rings. The minimum atomic E-state index is -0.781. The Hall–Kier alpha value is -1.73. The predicted molar refractivity (Wildman–Crippen MR) is 69.2 cm³/mol. The van der Waals surface area contributed by atoms with E-state index in [2.05, 4.69) is 4.98 Å². The van der Waals surface area contributed by atoms with Gasteiger partial charge in [-0.25, -0.2) is 4.98 Å². The van der Waals surface area contributed by atoms with Crippen LogP contribution in [0.5, 0.6) is 0 Å². The third-order valence-corrected chi connectivity index (χ3v) is 3.29. The summed E-state index contributed by atoms with van der Waals surface area (Å²) in [6.07, 6.45) is 2.40.